The Labute approximate surface area is 87.4 Å². The molecule has 0 aliphatic carbocycles. The maximum absolute atomic E-state index is 5.78. The number of likely N-dealkylation sites (tertiary alicyclic amines) is 1. The van der Waals surface area contributed by atoms with Crippen molar-refractivity contribution in [2.75, 3.05) is 25.5 Å². The van der Waals surface area contributed by atoms with Gasteiger partial charge >= 0.3 is 0 Å². The zero-order valence-corrected chi connectivity index (χ0v) is 10.1. The molecular formula is C11H22ClN. The number of halogens is 1. The number of rotatable bonds is 2. The van der Waals surface area contributed by atoms with Crippen LogP contribution in [0.5, 0.6) is 0 Å². The molecule has 0 amide bonds. The van der Waals surface area contributed by atoms with Gasteiger partial charge in [0.1, 0.15) is 0 Å². The second kappa shape index (κ2) is 3.78. The van der Waals surface area contributed by atoms with Crippen molar-refractivity contribution in [3.8, 4) is 0 Å². The van der Waals surface area contributed by atoms with Crippen LogP contribution in [0.1, 0.15) is 34.1 Å². The second-order valence-corrected chi connectivity index (χ2v) is 6.28. The standard InChI is InChI=1S/C11H22ClN/c1-10(2)7-11(3,4)9-13(8-10)6-5-12/h5-9H2,1-4H3. The third-order valence-electron chi connectivity index (χ3n) is 2.66. The molecule has 0 N–H and O–H groups in total. The van der Waals surface area contributed by atoms with Gasteiger partial charge in [0.2, 0.25) is 0 Å². The van der Waals surface area contributed by atoms with E-state index in [4.69, 9.17) is 11.6 Å². The van der Waals surface area contributed by atoms with E-state index in [0.717, 1.165) is 12.4 Å². The van der Waals surface area contributed by atoms with Crippen molar-refractivity contribution in [3.05, 3.63) is 0 Å². The molecule has 2 heteroatoms. The van der Waals surface area contributed by atoms with E-state index in [1.165, 1.54) is 19.5 Å². The summed E-state index contributed by atoms with van der Waals surface area (Å²) in [4.78, 5) is 2.50. The topological polar surface area (TPSA) is 3.24 Å². The van der Waals surface area contributed by atoms with Gasteiger partial charge in [-0.15, -0.1) is 11.6 Å². The van der Waals surface area contributed by atoms with E-state index in [1.54, 1.807) is 0 Å². The van der Waals surface area contributed by atoms with Gasteiger partial charge in [-0.05, 0) is 17.3 Å². The Balaban J connectivity index is 2.61. The van der Waals surface area contributed by atoms with Crippen LogP contribution in [0.4, 0.5) is 0 Å². The molecule has 1 aliphatic rings. The van der Waals surface area contributed by atoms with E-state index in [0.29, 0.717) is 10.8 Å². The van der Waals surface area contributed by atoms with Gasteiger partial charge in [0.25, 0.3) is 0 Å². The maximum Gasteiger partial charge on any atom is 0.0351 e. The molecule has 1 nitrogen and oxygen atoms in total. The highest BCUT2D eigenvalue weighted by Gasteiger charge is 2.36. The average Bonchev–Trinajstić information content (AvgIpc) is 1.78. The third-order valence-corrected chi connectivity index (χ3v) is 2.83. The van der Waals surface area contributed by atoms with Crippen LogP contribution < -0.4 is 0 Å². The quantitative estimate of drug-likeness (QED) is 0.624. The van der Waals surface area contributed by atoms with Crippen molar-refractivity contribution in [2.45, 2.75) is 34.1 Å². The molecule has 0 aromatic heterocycles. The molecule has 0 bridgehead atoms. The Morgan fingerprint density at radius 1 is 1.08 bits per heavy atom. The molecule has 0 unspecified atom stereocenters. The first-order chi connectivity index (χ1) is 5.85. The molecule has 0 aromatic rings. The molecule has 1 rings (SSSR count). The Kier molecular flexibility index (Phi) is 3.29. The summed E-state index contributed by atoms with van der Waals surface area (Å²) in [7, 11) is 0. The zero-order chi connectivity index (χ0) is 10.1. The molecule has 1 saturated heterocycles. The molecule has 1 fully saturated rings. The van der Waals surface area contributed by atoms with Crippen LogP contribution in [-0.2, 0) is 0 Å². The molecule has 0 aromatic carbocycles. The van der Waals surface area contributed by atoms with Crippen LogP contribution >= 0.6 is 11.6 Å². The molecular weight excluding hydrogens is 182 g/mol. The summed E-state index contributed by atoms with van der Waals surface area (Å²) in [5.74, 6) is 0.756. The van der Waals surface area contributed by atoms with E-state index >= 15 is 0 Å². The van der Waals surface area contributed by atoms with Gasteiger partial charge < -0.3 is 4.90 Å². The van der Waals surface area contributed by atoms with Crippen LogP contribution in [0.15, 0.2) is 0 Å². The lowest BCUT2D eigenvalue weighted by Gasteiger charge is -2.46. The summed E-state index contributed by atoms with van der Waals surface area (Å²) < 4.78 is 0. The van der Waals surface area contributed by atoms with Crippen LogP contribution in [0.3, 0.4) is 0 Å². The second-order valence-electron chi connectivity index (χ2n) is 5.90. The summed E-state index contributed by atoms with van der Waals surface area (Å²) in [6, 6.07) is 0. The molecule has 78 valence electrons. The first kappa shape index (κ1) is 11.3. The SMILES string of the molecule is CC1(C)CN(CCCl)CC(C)(C)C1. The zero-order valence-electron chi connectivity index (χ0n) is 9.36. The smallest absolute Gasteiger partial charge is 0.0351 e. The Morgan fingerprint density at radius 2 is 1.54 bits per heavy atom. The summed E-state index contributed by atoms with van der Waals surface area (Å²) in [6.07, 6.45) is 1.32. The van der Waals surface area contributed by atoms with Crippen LogP contribution in [-0.4, -0.2) is 30.4 Å². The minimum Gasteiger partial charge on any atom is -0.301 e. The molecule has 0 spiro atoms. The Morgan fingerprint density at radius 3 is 1.92 bits per heavy atom. The molecule has 1 aliphatic heterocycles. The van der Waals surface area contributed by atoms with Gasteiger partial charge in [-0.25, -0.2) is 0 Å². The van der Waals surface area contributed by atoms with E-state index in [1.807, 2.05) is 0 Å². The average molecular weight is 204 g/mol. The van der Waals surface area contributed by atoms with Crippen molar-refractivity contribution < 1.29 is 0 Å². The fourth-order valence-corrected chi connectivity index (χ4v) is 3.19. The monoisotopic (exact) mass is 203 g/mol. The summed E-state index contributed by atoms with van der Waals surface area (Å²) in [5.41, 5.74) is 0.904. The highest BCUT2D eigenvalue weighted by molar-refractivity contribution is 6.18. The number of nitrogens with zero attached hydrogens (tertiary/aromatic N) is 1. The largest absolute Gasteiger partial charge is 0.301 e. The predicted molar refractivity (Wildman–Crippen MR) is 59.3 cm³/mol. The first-order valence-corrected chi connectivity index (χ1v) is 5.66. The van der Waals surface area contributed by atoms with E-state index in [-0.39, 0.29) is 0 Å². The number of alkyl halides is 1. The minimum absolute atomic E-state index is 0.452. The highest BCUT2D eigenvalue weighted by atomic mass is 35.5. The van der Waals surface area contributed by atoms with Crippen molar-refractivity contribution in [2.24, 2.45) is 10.8 Å². The summed E-state index contributed by atoms with van der Waals surface area (Å²) >= 11 is 5.78. The van der Waals surface area contributed by atoms with Crippen LogP contribution in [0, 0.1) is 10.8 Å². The fourth-order valence-electron chi connectivity index (χ4n) is 2.95. The lowest BCUT2D eigenvalue weighted by Crippen LogP contribution is -2.48. The third kappa shape index (κ3) is 3.47. The van der Waals surface area contributed by atoms with E-state index in [2.05, 4.69) is 32.6 Å². The van der Waals surface area contributed by atoms with Gasteiger partial charge in [-0.1, -0.05) is 27.7 Å². The lowest BCUT2D eigenvalue weighted by molar-refractivity contribution is 0.0317. The fraction of sp³-hybridized carbons (Fsp3) is 1.00. The summed E-state index contributed by atoms with van der Waals surface area (Å²) in [6.45, 7) is 12.9. The molecule has 13 heavy (non-hydrogen) atoms. The van der Waals surface area contributed by atoms with E-state index in [9.17, 15) is 0 Å². The van der Waals surface area contributed by atoms with Crippen molar-refractivity contribution in [1.82, 2.24) is 4.90 Å². The molecule has 0 atom stereocenters. The van der Waals surface area contributed by atoms with E-state index < -0.39 is 0 Å². The van der Waals surface area contributed by atoms with Crippen LogP contribution in [0.2, 0.25) is 0 Å². The van der Waals surface area contributed by atoms with Gasteiger partial charge in [0.15, 0.2) is 0 Å². The number of piperidine rings is 1. The molecule has 1 heterocycles. The Hall–Kier alpha value is 0.250. The molecule has 0 radical (unpaired) electrons. The molecule has 0 saturated carbocycles. The number of hydrogen-bond acceptors (Lipinski definition) is 1. The lowest BCUT2D eigenvalue weighted by atomic mass is 9.71. The van der Waals surface area contributed by atoms with Gasteiger partial charge in [-0.3, -0.25) is 0 Å². The van der Waals surface area contributed by atoms with Gasteiger partial charge in [0, 0.05) is 25.5 Å². The highest BCUT2D eigenvalue weighted by Crippen LogP contribution is 2.39. The maximum atomic E-state index is 5.78. The minimum atomic E-state index is 0.452. The summed E-state index contributed by atoms with van der Waals surface area (Å²) in [5, 5.41) is 0. The van der Waals surface area contributed by atoms with Crippen LogP contribution in [0.25, 0.3) is 0 Å². The van der Waals surface area contributed by atoms with Gasteiger partial charge in [-0.2, -0.15) is 0 Å². The normalized spacial score (nSPS) is 27.5. The van der Waals surface area contributed by atoms with Crippen molar-refractivity contribution in [1.29, 1.82) is 0 Å². The van der Waals surface area contributed by atoms with Crippen molar-refractivity contribution in [3.63, 3.8) is 0 Å². The Bertz CT molecular complexity index is 159. The predicted octanol–water partition coefficient (Wildman–Crippen LogP) is 2.98. The van der Waals surface area contributed by atoms with Crippen molar-refractivity contribution >= 4 is 11.6 Å². The number of hydrogen-bond donors (Lipinski definition) is 0. The van der Waals surface area contributed by atoms with Gasteiger partial charge in [0.05, 0.1) is 0 Å². The first-order valence-electron chi connectivity index (χ1n) is 5.13.